The fraction of sp³-hybridized carbons (Fsp3) is 1.00. The first-order valence-corrected chi connectivity index (χ1v) is 3.10. The van der Waals surface area contributed by atoms with Crippen LogP contribution in [0.1, 0.15) is 19.3 Å². The van der Waals surface area contributed by atoms with E-state index < -0.39 is 18.5 Å². The van der Waals surface area contributed by atoms with E-state index in [-0.39, 0.29) is 19.3 Å². The highest BCUT2D eigenvalue weighted by Crippen LogP contribution is 2.25. The Morgan fingerprint density at radius 2 is 0.889 bits per heavy atom. The van der Waals surface area contributed by atoms with Gasteiger partial charge in [-0.3, -0.25) is 0 Å². The molecule has 3 heteroatoms. The summed E-state index contributed by atoms with van der Waals surface area (Å²) in [6.45, 7) is 0. The molecule has 0 aromatic rings. The summed E-state index contributed by atoms with van der Waals surface area (Å²) in [6.07, 6.45) is -4.11. The average molecular weight is 138 g/mol. The Kier molecular flexibility index (Phi) is 1.98. The van der Waals surface area contributed by atoms with Crippen LogP contribution in [0, 0.1) is 0 Å². The van der Waals surface area contributed by atoms with Crippen molar-refractivity contribution in [3.8, 4) is 0 Å². The summed E-state index contributed by atoms with van der Waals surface area (Å²) in [6, 6.07) is 0. The van der Waals surface area contributed by atoms with Crippen LogP contribution in [0.5, 0.6) is 0 Å². The van der Waals surface area contributed by atoms with Crippen molar-refractivity contribution in [2.75, 3.05) is 0 Å². The normalized spacial score (nSPS) is 45.0. The molecule has 54 valence electrons. The minimum absolute atomic E-state index is 0.111. The van der Waals surface area contributed by atoms with Crippen molar-refractivity contribution in [1.82, 2.24) is 0 Å². The predicted octanol–water partition coefficient (Wildman–Crippen LogP) is 2.18. The van der Waals surface area contributed by atoms with Gasteiger partial charge in [0, 0.05) is 19.3 Å². The van der Waals surface area contributed by atoms with Gasteiger partial charge >= 0.3 is 0 Å². The smallest absolute Gasteiger partial charge is 0.106 e. The molecule has 0 nitrogen and oxygen atoms in total. The number of alkyl halides is 3. The Morgan fingerprint density at radius 3 is 1.11 bits per heavy atom. The van der Waals surface area contributed by atoms with Crippen LogP contribution in [-0.2, 0) is 0 Å². The maximum absolute atomic E-state index is 12.2. The van der Waals surface area contributed by atoms with E-state index in [1.165, 1.54) is 0 Å². The molecule has 0 unspecified atom stereocenters. The molecule has 1 saturated carbocycles. The van der Waals surface area contributed by atoms with E-state index in [0.717, 1.165) is 0 Å². The van der Waals surface area contributed by atoms with Gasteiger partial charge in [0.2, 0.25) is 0 Å². The minimum atomic E-state index is -1.26. The first-order valence-electron chi connectivity index (χ1n) is 3.10. The van der Waals surface area contributed by atoms with Crippen molar-refractivity contribution in [2.24, 2.45) is 0 Å². The molecule has 0 radical (unpaired) electrons. The highest BCUT2D eigenvalue weighted by atomic mass is 19.2. The standard InChI is InChI=1S/C6H9F3/c7-4-1-5(8)3-6(9)2-4/h4-6H,1-3H2. The molecular weight excluding hydrogens is 129 g/mol. The van der Waals surface area contributed by atoms with E-state index in [4.69, 9.17) is 0 Å². The fourth-order valence-corrected chi connectivity index (χ4v) is 1.12. The summed E-state index contributed by atoms with van der Waals surface area (Å²) in [5.41, 5.74) is 0. The highest BCUT2D eigenvalue weighted by molar-refractivity contribution is 4.77. The first-order chi connectivity index (χ1) is 4.18. The van der Waals surface area contributed by atoms with Crippen molar-refractivity contribution < 1.29 is 13.2 Å². The lowest BCUT2D eigenvalue weighted by atomic mass is 9.96. The second-order valence-corrected chi connectivity index (χ2v) is 2.50. The molecule has 1 aliphatic carbocycles. The van der Waals surface area contributed by atoms with Gasteiger partial charge in [-0.2, -0.15) is 0 Å². The zero-order valence-corrected chi connectivity index (χ0v) is 4.99. The molecule has 9 heavy (non-hydrogen) atoms. The van der Waals surface area contributed by atoms with Gasteiger partial charge in [0.25, 0.3) is 0 Å². The van der Waals surface area contributed by atoms with Crippen LogP contribution in [-0.4, -0.2) is 18.5 Å². The third-order valence-electron chi connectivity index (χ3n) is 1.53. The summed E-state index contributed by atoms with van der Waals surface area (Å²) in [5, 5.41) is 0. The molecule has 0 saturated heterocycles. The number of halogens is 3. The number of hydrogen-bond donors (Lipinski definition) is 0. The van der Waals surface area contributed by atoms with Crippen molar-refractivity contribution in [3.05, 3.63) is 0 Å². The van der Waals surface area contributed by atoms with Crippen LogP contribution in [0.15, 0.2) is 0 Å². The molecule has 0 aromatic heterocycles. The third-order valence-corrected chi connectivity index (χ3v) is 1.53. The van der Waals surface area contributed by atoms with Crippen LogP contribution < -0.4 is 0 Å². The quantitative estimate of drug-likeness (QED) is 0.481. The van der Waals surface area contributed by atoms with Crippen LogP contribution >= 0.6 is 0 Å². The molecule has 0 heterocycles. The number of hydrogen-bond acceptors (Lipinski definition) is 0. The predicted molar refractivity (Wildman–Crippen MR) is 28.5 cm³/mol. The lowest BCUT2D eigenvalue weighted by Gasteiger charge is -2.21. The summed E-state index contributed by atoms with van der Waals surface area (Å²) in [7, 11) is 0. The molecule has 0 bridgehead atoms. The monoisotopic (exact) mass is 138 g/mol. The summed E-state index contributed by atoms with van der Waals surface area (Å²) in [5.74, 6) is 0. The molecule has 0 spiro atoms. The van der Waals surface area contributed by atoms with Crippen LogP contribution in [0.2, 0.25) is 0 Å². The molecule has 1 rings (SSSR count). The molecule has 1 fully saturated rings. The number of rotatable bonds is 0. The largest absolute Gasteiger partial charge is 0.247 e. The molecule has 1 aliphatic rings. The highest BCUT2D eigenvalue weighted by Gasteiger charge is 2.28. The fourth-order valence-electron chi connectivity index (χ4n) is 1.12. The maximum Gasteiger partial charge on any atom is 0.106 e. The van der Waals surface area contributed by atoms with E-state index in [1.54, 1.807) is 0 Å². The Bertz CT molecular complexity index is 69.3. The van der Waals surface area contributed by atoms with Gasteiger partial charge in [0.1, 0.15) is 18.5 Å². The lowest BCUT2D eigenvalue weighted by molar-refractivity contribution is 0.0921. The van der Waals surface area contributed by atoms with E-state index in [9.17, 15) is 13.2 Å². The molecule has 0 amide bonds. The molecular formula is C6H9F3. The third kappa shape index (κ3) is 1.88. The first kappa shape index (κ1) is 6.90. The second-order valence-electron chi connectivity index (χ2n) is 2.50. The molecule has 0 aliphatic heterocycles. The van der Waals surface area contributed by atoms with E-state index in [2.05, 4.69) is 0 Å². The Balaban J connectivity index is 2.34. The maximum atomic E-state index is 12.2. The van der Waals surface area contributed by atoms with Crippen molar-refractivity contribution in [2.45, 2.75) is 37.8 Å². The average Bonchev–Trinajstić information content (AvgIpc) is 1.59. The van der Waals surface area contributed by atoms with Gasteiger partial charge in [-0.25, -0.2) is 13.2 Å². The molecule has 0 atom stereocenters. The van der Waals surface area contributed by atoms with Crippen molar-refractivity contribution >= 4 is 0 Å². The van der Waals surface area contributed by atoms with Gasteiger partial charge in [-0.1, -0.05) is 0 Å². The van der Waals surface area contributed by atoms with Crippen molar-refractivity contribution in [1.29, 1.82) is 0 Å². The minimum Gasteiger partial charge on any atom is -0.247 e. The van der Waals surface area contributed by atoms with E-state index in [0.29, 0.717) is 0 Å². The molecule has 0 N–H and O–H groups in total. The topological polar surface area (TPSA) is 0 Å². The SMILES string of the molecule is FC1CC(F)CC(F)C1. The summed E-state index contributed by atoms with van der Waals surface area (Å²) < 4.78 is 36.6. The van der Waals surface area contributed by atoms with Crippen LogP contribution in [0.25, 0.3) is 0 Å². The Morgan fingerprint density at radius 1 is 0.667 bits per heavy atom. The van der Waals surface area contributed by atoms with Crippen molar-refractivity contribution in [3.63, 3.8) is 0 Å². The van der Waals surface area contributed by atoms with Crippen LogP contribution in [0.4, 0.5) is 13.2 Å². The van der Waals surface area contributed by atoms with Gasteiger partial charge in [-0.05, 0) is 0 Å². The molecule has 0 aromatic carbocycles. The van der Waals surface area contributed by atoms with Gasteiger partial charge < -0.3 is 0 Å². The summed E-state index contributed by atoms with van der Waals surface area (Å²) >= 11 is 0. The summed E-state index contributed by atoms with van der Waals surface area (Å²) in [4.78, 5) is 0. The lowest BCUT2D eigenvalue weighted by Crippen LogP contribution is -2.25. The van der Waals surface area contributed by atoms with E-state index >= 15 is 0 Å². The zero-order chi connectivity index (χ0) is 6.85. The Hall–Kier alpha value is -0.210. The van der Waals surface area contributed by atoms with Gasteiger partial charge in [-0.15, -0.1) is 0 Å². The van der Waals surface area contributed by atoms with Gasteiger partial charge in [0.05, 0.1) is 0 Å². The Labute approximate surface area is 52.1 Å². The zero-order valence-electron chi connectivity index (χ0n) is 4.99. The second kappa shape index (κ2) is 2.58. The van der Waals surface area contributed by atoms with Gasteiger partial charge in [0.15, 0.2) is 0 Å². The van der Waals surface area contributed by atoms with Crippen LogP contribution in [0.3, 0.4) is 0 Å². The van der Waals surface area contributed by atoms with E-state index in [1.807, 2.05) is 0 Å².